The van der Waals surface area contributed by atoms with Crippen molar-refractivity contribution in [3.05, 3.63) is 34.9 Å². The van der Waals surface area contributed by atoms with Crippen molar-refractivity contribution in [1.29, 1.82) is 0 Å². The van der Waals surface area contributed by atoms with Crippen molar-refractivity contribution < 1.29 is 4.79 Å². The van der Waals surface area contributed by atoms with Gasteiger partial charge in [0.1, 0.15) is 0 Å². The highest BCUT2D eigenvalue weighted by Crippen LogP contribution is 2.31. The van der Waals surface area contributed by atoms with Gasteiger partial charge in [0.15, 0.2) is 5.78 Å². The summed E-state index contributed by atoms with van der Waals surface area (Å²) in [6.07, 6.45) is 1.14. The molecule has 1 atom stereocenters. The molecule has 3 heteroatoms. The van der Waals surface area contributed by atoms with Crippen molar-refractivity contribution in [2.45, 2.75) is 51.8 Å². The predicted molar refractivity (Wildman–Crippen MR) is 92.4 cm³/mol. The molecule has 1 unspecified atom stereocenters. The van der Waals surface area contributed by atoms with Crippen LogP contribution in [0.3, 0.4) is 0 Å². The van der Waals surface area contributed by atoms with E-state index in [-0.39, 0.29) is 11.8 Å². The summed E-state index contributed by atoms with van der Waals surface area (Å²) in [5.41, 5.74) is 3.13. The number of aryl methyl sites for hydroxylation is 2. The van der Waals surface area contributed by atoms with Crippen LogP contribution >= 0.6 is 11.8 Å². The minimum absolute atomic E-state index is 0.0278. The Morgan fingerprint density at radius 2 is 2.00 bits per heavy atom. The first-order valence-corrected chi connectivity index (χ1v) is 8.78. The molecule has 1 heterocycles. The van der Waals surface area contributed by atoms with E-state index in [0.29, 0.717) is 4.75 Å². The molecular weight excluding hydrogens is 278 g/mol. The Morgan fingerprint density at radius 3 is 2.71 bits per heavy atom. The number of nitrogens with zero attached hydrogens (tertiary/aromatic N) is 1. The number of rotatable bonds is 3. The van der Waals surface area contributed by atoms with E-state index in [4.69, 9.17) is 0 Å². The van der Waals surface area contributed by atoms with Crippen LogP contribution in [0, 0.1) is 13.8 Å². The van der Waals surface area contributed by atoms with E-state index in [2.05, 4.69) is 37.8 Å². The SMILES string of the molecule is Cc1ccc(C)c(C(=O)C(C)N2CCSC(C)(C)CC2)c1. The van der Waals surface area contributed by atoms with E-state index in [9.17, 15) is 4.79 Å². The molecule has 1 aromatic carbocycles. The Kier molecular flexibility index (Phi) is 5.15. The summed E-state index contributed by atoms with van der Waals surface area (Å²) in [5, 5.41) is 0. The van der Waals surface area contributed by atoms with Crippen LogP contribution < -0.4 is 0 Å². The maximum atomic E-state index is 12.8. The average Bonchev–Trinajstić information content (AvgIpc) is 2.61. The summed E-state index contributed by atoms with van der Waals surface area (Å²) in [6, 6.07) is 6.13. The van der Waals surface area contributed by atoms with Gasteiger partial charge < -0.3 is 0 Å². The molecule has 0 spiro atoms. The molecule has 1 fully saturated rings. The van der Waals surface area contributed by atoms with Crippen molar-refractivity contribution in [3.63, 3.8) is 0 Å². The molecule has 0 aliphatic carbocycles. The summed E-state index contributed by atoms with van der Waals surface area (Å²) >= 11 is 2.02. The highest BCUT2D eigenvalue weighted by atomic mass is 32.2. The summed E-state index contributed by atoms with van der Waals surface area (Å²) in [6.45, 7) is 12.8. The van der Waals surface area contributed by atoms with E-state index in [1.54, 1.807) is 0 Å². The molecule has 1 aromatic rings. The van der Waals surface area contributed by atoms with Gasteiger partial charge in [-0.05, 0) is 38.8 Å². The second-order valence-electron chi connectivity index (χ2n) is 6.75. The van der Waals surface area contributed by atoms with Gasteiger partial charge in [-0.2, -0.15) is 11.8 Å². The van der Waals surface area contributed by atoms with Gasteiger partial charge in [0, 0.05) is 29.2 Å². The van der Waals surface area contributed by atoms with E-state index in [0.717, 1.165) is 42.0 Å². The molecule has 1 aliphatic heterocycles. The molecule has 0 radical (unpaired) electrons. The molecule has 21 heavy (non-hydrogen) atoms. The Morgan fingerprint density at radius 1 is 1.29 bits per heavy atom. The van der Waals surface area contributed by atoms with Crippen LogP contribution in [0.4, 0.5) is 0 Å². The molecule has 0 N–H and O–H groups in total. The summed E-state index contributed by atoms with van der Waals surface area (Å²) < 4.78 is 0.330. The van der Waals surface area contributed by atoms with Gasteiger partial charge in [-0.1, -0.05) is 31.5 Å². The van der Waals surface area contributed by atoms with Crippen LogP contribution in [0.1, 0.15) is 48.7 Å². The van der Waals surface area contributed by atoms with Crippen LogP contribution in [0.15, 0.2) is 18.2 Å². The Labute approximate surface area is 133 Å². The molecule has 0 bridgehead atoms. The molecule has 0 aromatic heterocycles. The largest absolute Gasteiger partial charge is 0.293 e. The van der Waals surface area contributed by atoms with E-state index in [1.807, 2.05) is 31.7 Å². The standard InChI is InChI=1S/C18H27NOS/c1-13-6-7-14(2)16(12-13)17(20)15(3)19-9-8-18(4,5)21-11-10-19/h6-7,12,15H,8-11H2,1-5H3. The lowest BCUT2D eigenvalue weighted by Crippen LogP contribution is -2.41. The van der Waals surface area contributed by atoms with E-state index < -0.39 is 0 Å². The quantitative estimate of drug-likeness (QED) is 0.784. The third kappa shape index (κ3) is 4.10. The van der Waals surface area contributed by atoms with Crippen LogP contribution in [-0.2, 0) is 0 Å². The lowest BCUT2D eigenvalue weighted by Gasteiger charge is -2.27. The number of benzene rings is 1. The van der Waals surface area contributed by atoms with Gasteiger partial charge in [-0.15, -0.1) is 0 Å². The van der Waals surface area contributed by atoms with Gasteiger partial charge in [0.25, 0.3) is 0 Å². The molecule has 1 saturated heterocycles. The topological polar surface area (TPSA) is 20.3 Å². The minimum Gasteiger partial charge on any atom is -0.293 e. The lowest BCUT2D eigenvalue weighted by atomic mass is 9.97. The van der Waals surface area contributed by atoms with Crippen LogP contribution in [0.25, 0.3) is 0 Å². The third-order valence-corrected chi connectivity index (χ3v) is 5.83. The second kappa shape index (κ2) is 6.53. The van der Waals surface area contributed by atoms with Crippen LogP contribution in [0.2, 0.25) is 0 Å². The first-order valence-electron chi connectivity index (χ1n) is 7.80. The van der Waals surface area contributed by atoms with Crippen molar-refractivity contribution in [2.24, 2.45) is 0 Å². The summed E-state index contributed by atoms with van der Waals surface area (Å²) in [7, 11) is 0. The first-order chi connectivity index (χ1) is 9.80. The molecular formula is C18H27NOS. The van der Waals surface area contributed by atoms with Gasteiger partial charge in [-0.25, -0.2) is 0 Å². The Bertz CT molecular complexity index is 524. The molecule has 116 valence electrons. The van der Waals surface area contributed by atoms with E-state index in [1.165, 1.54) is 0 Å². The number of ketones is 1. The van der Waals surface area contributed by atoms with Crippen molar-refractivity contribution in [1.82, 2.24) is 4.90 Å². The van der Waals surface area contributed by atoms with Crippen molar-refractivity contribution in [3.8, 4) is 0 Å². The summed E-state index contributed by atoms with van der Waals surface area (Å²) in [5.74, 6) is 1.37. The first kappa shape index (κ1) is 16.6. The van der Waals surface area contributed by atoms with Gasteiger partial charge in [-0.3, -0.25) is 9.69 Å². The molecule has 2 rings (SSSR count). The van der Waals surface area contributed by atoms with Crippen LogP contribution in [0.5, 0.6) is 0 Å². The normalized spacial score (nSPS) is 20.8. The number of Topliss-reactive ketones (excluding diaryl/α,β-unsaturated/α-hetero) is 1. The van der Waals surface area contributed by atoms with E-state index >= 15 is 0 Å². The van der Waals surface area contributed by atoms with Gasteiger partial charge in [0.05, 0.1) is 6.04 Å². The second-order valence-corrected chi connectivity index (χ2v) is 8.55. The Hall–Kier alpha value is -0.800. The highest BCUT2D eigenvalue weighted by Gasteiger charge is 2.29. The fourth-order valence-electron chi connectivity index (χ4n) is 2.82. The van der Waals surface area contributed by atoms with Crippen molar-refractivity contribution in [2.75, 3.05) is 18.8 Å². The third-order valence-electron chi connectivity index (χ3n) is 4.46. The fraction of sp³-hybridized carbons (Fsp3) is 0.611. The zero-order valence-electron chi connectivity index (χ0n) is 13.9. The predicted octanol–water partition coefficient (Wildman–Crippen LogP) is 4.09. The smallest absolute Gasteiger partial charge is 0.179 e. The monoisotopic (exact) mass is 305 g/mol. The zero-order chi connectivity index (χ0) is 15.6. The maximum absolute atomic E-state index is 12.8. The number of carbonyl (C=O) groups is 1. The zero-order valence-corrected chi connectivity index (χ0v) is 14.7. The summed E-state index contributed by atoms with van der Waals surface area (Å²) in [4.78, 5) is 15.2. The average molecular weight is 305 g/mol. The highest BCUT2D eigenvalue weighted by molar-refractivity contribution is 8.00. The molecule has 0 saturated carbocycles. The number of carbonyl (C=O) groups excluding carboxylic acids is 1. The fourth-order valence-corrected chi connectivity index (χ4v) is 3.93. The van der Waals surface area contributed by atoms with Crippen molar-refractivity contribution >= 4 is 17.5 Å². The number of thioether (sulfide) groups is 1. The van der Waals surface area contributed by atoms with Crippen LogP contribution in [-0.4, -0.2) is 40.3 Å². The molecule has 1 aliphatic rings. The number of hydrogen-bond acceptors (Lipinski definition) is 3. The van der Waals surface area contributed by atoms with Gasteiger partial charge >= 0.3 is 0 Å². The lowest BCUT2D eigenvalue weighted by molar-refractivity contribution is 0.0844. The number of hydrogen-bond donors (Lipinski definition) is 0. The minimum atomic E-state index is -0.0278. The van der Waals surface area contributed by atoms with Gasteiger partial charge in [0.2, 0.25) is 0 Å². The molecule has 0 amide bonds. The Balaban J connectivity index is 2.13. The molecule has 2 nitrogen and oxygen atoms in total. The maximum Gasteiger partial charge on any atom is 0.179 e.